The Hall–Kier alpha value is -2.62. The Kier molecular flexibility index (Phi) is 8.56. The van der Waals surface area contributed by atoms with Gasteiger partial charge in [-0.1, -0.05) is 51.0 Å². The highest BCUT2D eigenvalue weighted by atomic mass is 16.5. The standard InChI is InChI=1S/C23H28O4/c1-3-5-7-22(24)26-20-13-9-18(10-14-20)17-19-11-15-21(16-12-19)27-23(25)8-6-4-2/h9-16H,3-8,17H2,1-2H3. The maximum Gasteiger partial charge on any atom is 0.311 e. The minimum atomic E-state index is -0.186. The van der Waals surface area contributed by atoms with Crippen LogP contribution in [0.1, 0.15) is 63.5 Å². The summed E-state index contributed by atoms with van der Waals surface area (Å²) in [6, 6.07) is 15.1. The highest BCUT2D eigenvalue weighted by molar-refractivity contribution is 5.72. The summed E-state index contributed by atoms with van der Waals surface area (Å²) in [5.41, 5.74) is 2.24. The summed E-state index contributed by atoms with van der Waals surface area (Å²) in [7, 11) is 0. The molecule has 0 aliphatic carbocycles. The molecule has 144 valence electrons. The molecule has 0 aliphatic rings. The van der Waals surface area contributed by atoms with Gasteiger partial charge in [0.05, 0.1) is 0 Å². The van der Waals surface area contributed by atoms with E-state index in [-0.39, 0.29) is 11.9 Å². The van der Waals surface area contributed by atoms with Crippen LogP contribution in [0.15, 0.2) is 48.5 Å². The molecule has 2 aromatic carbocycles. The fourth-order valence-corrected chi connectivity index (χ4v) is 2.59. The number of esters is 2. The van der Waals surface area contributed by atoms with Crippen LogP contribution < -0.4 is 9.47 Å². The van der Waals surface area contributed by atoms with Crippen LogP contribution in [0.5, 0.6) is 11.5 Å². The average molecular weight is 368 g/mol. The van der Waals surface area contributed by atoms with Crippen molar-refractivity contribution in [3.8, 4) is 11.5 Å². The molecule has 0 N–H and O–H groups in total. The fraction of sp³-hybridized carbons (Fsp3) is 0.391. The Morgan fingerprint density at radius 2 is 1.04 bits per heavy atom. The highest BCUT2D eigenvalue weighted by Gasteiger charge is 2.06. The number of hydrogen-bond donors (Lipinski definition) is 0. The molecular formula is C23H28O4. The van der Waals surface area contributed by atoms with E-state index in [1.165, 1.54) is 0 Å². The minimum Gasteiger partial charge on any atom is -0.427 e. The maximum absolute atomic E-state index is 11.7. The molecule has 0 aromatic heterocycles. The molecule has 4 nitrogen and oxygen atoms in total. The van der Waals surface area contributed by atoms with Gasteiger partial charge in [0.25, 0.3) is 0 Å². The van der Waals surface area contributed by atoms with Gasteiger partial charge in [-0.25, -0.2) is 0 Å². The van der Waals surface area contributed by atoms with E-state index in [1.807, 2.05) is 62.4 Å². The summed E-state index contributed by atoms with van der Waals surface area (Å²) in [6.45, 7) is 4.09. The lowest BCUT2D eigenvalue weighted by Crippen LogP contribution is -2.07. The second-order valence-electron chi connectivity index (χ2n) is 6.62. The van der Waals surface area contributed by atoms with Crippen LogP contribution in [0, 0.1) is 0 Å². The molecule has 0 unspecified atom stereocenters. The summed E-state index contributed by atoms with van der Waals surface area (Å²) in [5.74, 6) is 0.783. The fourth-order valence-electron chi connectivity index (χ4n) is 2.59. The zero-order chi connectivity index (χ0) is 19.5. The first-order valence-corrected chi connectivity index (χ1v) is 9.70. The summed E-state index contributed by atoms with van der Waals surface area (Å²) >= 11 is 0. The second-order valence-corrected chi connectivity index (χ2v) is 6.62. The van der Waals surface area contributed by atoms with Crippen molar-refractivity contribution in [3.05, 3.63) is 59.7 Å². The van der Waals surface area contributed by atoms with Gasteiger partial charge in [-0.2, -0.15) is 0 Å². The van der Waals surface area contributed by atoms with Crippen LogP contribution >= 0.6 is 0 Å². The molecule has 0 saturated carbocycles. The smallest absolute Gasteiger partial charge is 0.311 e. The number of ether oxygens (including phenoxy) is 2. The van der Waals surface area contributed by atoms with Crippen molar-refractivity contribution in [2.24, 2.45) is 0 Å². The molecule has 0 spiro atoms. The van der Waals surface area contributed by atoms with Gasteiger partial charge in [-0.3, -0.25) is 9.59 Å². The van der Waals surface area contributed by atoms with E-state index in [4.69, 9.17) is 9.47 Å². The van der Waals surface area contributed by atoms with E-state index < -0.39 is 0 Å². The molecule has 0 saturated heterocycles. The zero-order valence-corrected chi connectivity index (χ0v) is 16.2. The van der Waals surface area contributed by atoms with Gasteiger partial charge in [0.2, 0.25) is 0 Å². The quantitative estimate of drug-likeness (QED) is 0.412. The number of benzene rings is 2. The molecule has 2 rings (SSSR count). The van der Waals surface area contributed by atoms with Crippen LogP contribution in [0.3, 0.4) is 0 Å². The Morgan fingerprint density at radius 3 is 1.37 bits per heavy atom. The number of rotatable bonds is 10. The van der Waals surface area contributed by atoms with Crippen LogP contribution in [0.4, 0.5) is 0 Å². The molecule has 2 aromatic rings. The van der Waals surface area contributed by atoms with Crippen LogP contribution in [-0.2, 0) is 16.0 Å². The third kappa shape index (κ3) is 7.65. The molecule has 4 heteroatoms. The van der Waals surface area contributed by atoms with Crippen molar-refractivity contribution in [3.63, 3.8) is 0 Å². The lowest BCUT2D eigenvalue weighted by Gasteiger charge is -2.07. The molecule has 0 fully saturated rings. The number of unbranched alkanes of at least 4 members (excludes halogenated alkanes) is 2. The van der Waals surface area contributed by atoms with Gasteiger partial charge in [-0.15, -0.1) is 0 Å². The normalized spacial score (nSPS) is 10.4. The molecule has 0 atom stereocenters. The van der Waals surface area contributed by atoms with Gasteiger partial charge < -0.3 is 9.47 Å². The van der Waals surface area contributed by atoms with Gasteiger partial charge in [0.1, 0.15) is 11.5 Å². The van der Waals surface area contributed by atoms with Crippen molar-refractivity contribution >= 4 is 11.9 Å². The topological polar surface area (TPSA) is 52.6 Å². The number of carbonyl (C=O) groups excluding carboxylic acids is 2. The van der Waals surface area contributed by atoms with Gasteiger partial charge in [-0.05, 0) is 54.7 Å². The predicted molar refractivity (Wildman–Crippen MR) is 106 cm³/mol. The van der Waals surface area contributed by atoms with E-state index in [0.717, 1.165) is 43.2 Å². The zero-order valence-electron chi connectivity index (χ0n) is 16.2. The second kappa shape index (κ2) is 11.2. The van der Waals surface area contributed by atoms with E-state index in [2.05, 4.69) is 0 Å². The van der Waals surface area contributed by atoms with Crippen molar-refractivity contribution in [1.82, 2.24) is 0 Å². The molecule has 0 bridgehead atoms. The Labute approximate surface area is 161 Å². The minimum absolute atomic E-state index is 0.186. The third-order valence-corrected chi connectivity index (χ3v) is 4.19. The van der Waals surface area contributed by atoms with Crippen LogP contribution in [0.2, 0.25) is 0 Å². The average Bonchev–Trinajstić information content (AvgIpc) is 2.68. The van der Waals surface area contributed by atoms with Crippen LogP contribution in [-0.4, -0.2) is 11.9 Å². The molecular weight excluding hydrogens is 340 g/mol. The summed E-state index contributed by atoms with van der Waals surface area (Å²) in [4.78, 5) is 23.3. The first-order valence-electron chi connectivity index (χ1n) is 9.70. The summed E-state index contributed by atoms with van der Waals surface area (Å²) in [6.07, 6.45) is 5.31. The Morgan fingerprint density at radius 1 is 0.667 bits per heavy atom. The number of carbonyl (C=O) groups is 2. The first kappa shape index (κ1) is 20.7. The van der Waals surface area contributed by atoms with Crippen LogP contribution in [0.25, 0.3) is 0 Å². The SMILES string of the molecule is CCCCC(=O)Oc1ccc(Cc2ccc(OC(=O)CCCC)cc2)cc1. The van der Waals surface area contributed by atoms with E-state index >= 15 is 0 Å². The van der Waals surface area contributed by atoms with Crippen molar-refractivity contribution in [1.29, 1.82) is 0 Å². The van der Waals surface area contributed by atoms with Crippen molar-refractivity contribution in [2.45, 2.75) is 58.8 Å². The maximum atomic E-state index is 11.7. The molecule has 0 amide bonds. The van der Waals surface area contributed by atoms with Crippen molar-refractivity contribution in [2.75, 3.05) is 0 Å². The molecule has 0 heterocycles. The van der Waals surface area contributed by atoms with E-state index in [0.29, 0.717) is 24.3 Å². The number of hydrogen-bond acceptors (Lipinski definition) is 4. The largest absolute Gasteiger partial charge is 0.427 e. The third-order valence-electron chi connectivity index (χ3n) is 4.19. The highest BCUT2D eigenvalue weighted by Crippen LogP contribution is 2.19. The molecule has 0 aliphatic heterocycles. The lowest BCUT2D eigenvalue weighted by atomic mass is 10.0. The van der Waals surface area contributed by atoms with E-state index in [9.17, 15) is 9.59 Å². The summed E-state index contributed by atoms with van der Waals surface area (Å²) < 4.78 is 10.6. The Bertz CT molecular complexity index is 654. The lowest BCUT2D eigenvalue weighted by molar-refractivity contribution is -0.135. The Balaban J connectivity index is 1.86. The first-order chi connectivity index (χ1) is 13.1. The summed E-state index contributed by atoms with van der Waals surface area (Å²) in [5, 5.41) is 0. The predicted octanol–water partition coefficient (Wildman–Crippen LogP) is 5.47. The van der Waals surface area contributed by atoms with Gasteiger partial charge in [0, 0.05) is 12.8 Å². The van der Waals surface area contributed by atoms with Crippen molar-refractivity contribution < 1.29 is 19.1 Å². The van der Waals surface area contributed by atoms with Gasteiger partial charge >= 0.3 is 11.9 Å². The van der Waals surface area contributed by atoms with E-state index in [1.54, 1.807) is 0 Å². The molecule has 0 radical (unpaired) electrons. The molecule has 27 heavy (non-hydrogen) atoms. The van der Waals surface area contributed by atoms with Gasteiger partial charge in [0.15, 0.2) is 0 Å². The monoisotopic (exact) mass is 368 g/mol.